The molecule has 1 heterocycles. The van der Waals surface area contributed by atoms with E-state index < -0.39 is 9.84 Å². The minimum Gasteiger partial charge on any atom is -0.397 e. The molecule has 0 saturated heterocycles. The molecule has 2 aromatic rings. The molecule has 3 N–H and O–H groups in total. The third kappa shape index (κ3) is 3.08. The molecule has 7 nitrogen and oxygen atoms in total. The van der Waals surface area contributed by atoms with E-state index in [-0.39, 0.29) is 4.90 Å². The third-order valence-electron chi connectivity index (χ3n) is 2.92. The molecule has 0 amide bonds. The van der Waals surface area contributed by atoms with Crippen LogP contribution >= 0.6 is 0 Å². The van der Waals surface area contributed by atoms with Gasteiger partial charge < -0.3 is 15.6 Å². The zero-order valence-electron chi connectivity index (χ0n) is 11.4. The summed E-state index contributed by atoms with van der Waals surface area (Å²) in [5.74, 6) is 0.791. The molecule has 1 aromatic carbocycles. The van der Waals surface area contributed by atoms with E-state index in [9.17, 15) is 8.42 Å². The second-order valence-corrected chi connectivity index (χ2v) is 6.42. The minimum absolute atomic E-state index is 0.206. The SMILES string of the molecule is CCn1cnnc1CNc1ccc(S(C)(=O)=O)cc1N. The van der Waals surface area contributed by atoms with Crippen molar-refractivity contribution in [2.24, 2.45) is 0 Å². The highest BCUT2D eigenvalue weighted by atomic mass is 32.2. The summed E-state index contributed by atoms with van der Waals surface area (Å²) in [5.41, 5.74) is 6.91. The van der Waals surface area contributed by atoms with Crippen molar-refractivity contribution in [2.45, 2.75) is 24.9 Å². The fourth-order valence-corrected chi connectivity index (χ4v) is 2.44. The van der Waals surface area contributed by atoms with Gasteiger partial charge in [-0.1, -0.05) is 0 Å². The van der Waals surface area contributed by atoms with E-state index in [0.29, 0.717) is 17.9 Å². The molecular weight excluding hydrogens is 278 g/mol. The fraction of sp³-hybridized carbons (Fsp3) is 0.333. The quantitative estimate of drug-likeness (QED) is 0.794. The van der Waals surface area contributed by atoms with E-state index in [2.05, 4.69) is 15.5 Å². The predicted molar refractivity (Wildman–Crippen MR) is 77.0 cm³/mol. The monoisotopic (exact) mass is 295 g/mol. The van der Waals surface area contributed by atoms with Gasteiger partial charge in [0.1, 0.15) is 6.33 Å². The van der Waals surface area contributed by atoms with E-state index in [1.54, 1.807) is 12.4 Å². The van der Waals surface area contributed by atoms with Gasteiger partial charge in [0.25, 0.3) is 0 Å². The lowest BCUT2D eigenvalue weighted by Gasteiger charge is -2.10. The summed E-state index contributed by atoms with van der Waals surface area (Å²) in [6.45, 7) is 3.25. The highest BCUT2D eigenvalue weighted by Crippen LogP contribution is 2.22. The number of benzene rings is 1. The number of sulfone groups is 1. The van der Waals surface area contributed by atoms with Crippen molar-refractivity contribution in [1.29, 1.82) is 0 Å². The molecule has 108 valence electrons. The third-order valence-corrected chi connectivity index (χ3v) is 4.03. The Morgan fingerprint density at radius 3 is 2.75 bits per heavy atom. The van der Waals surface area contributed by atoms with Crippen molar-refractivity contribution in [3.8, 4) is 0 Å². The van der Waals surface area contributed by atoms with Gasteiger partial charge in [-0.2, -0.15) is 0 Å². The average molecular weight is 295 g/mol. The molecule has 1 aromatic heterocycles. The highest BCUT2D eigenvalue weighted by Gasteiger charge is 2.10. The van der Waals surface area contributed by atoms with Gasteiger partial charge in [-0.15, -0.1) is 10.2 Å². The van der Waals surface area contributed by atoms with E-state index >= 15 is 0 Å². The molecule has 0 aliphatic carbocycles. The van der Waals surface area contributed by atoms with Gasteiger partial charge in [-0.3, -0.25) is 0 Å². The van der Waals surface area contributed by atoms with Crippen molar-refractivity contribution in [3.05, 3.63) is 30.4 Å². The van der Waals surface area contributed by atoms with Crippen LogP contribution in [-0.4, -0.2) is 29.4 Å². The van der Waals surface area contributed by atoms with E-state index in [0.717, 1.165) is 18.6 Å². The van der Waals surface area contributed by atoms with Crippen LogP contribution < -0.4 is 11.1 Å². The number of aryl methyl sites for hydroxylation is 1. The first-order chi connectivity index (χ1) is 9.41. The topological polar surface area (TPSA) is 103 Å². The van der Waals surface area contributed by atoms with Crippen LogP contribution in [0, 0.1) is 0 Å². The molecule has 0 unspecified atom stereocenters. The molecule has 0 fully saturated rings. The Kier molecular flexibility index (Phi) is 3.93. The lowest BCUT2D eigenvalue weighted by Crippen LogP contribution is -2.09. The van der Waals surface area contributed by atoms with Gasteiger partial charge in [0.15, 0.2) is 15.7 Å². The summed E-state index contributed by atoms with van der Waals surface area (Å²) in [5, 5.41) is 11.0. The number of hydrogen-bond donors (Lipinski definition) is 2. The first kappa shape index (κ1) is 14.3. The number of rotatable bonds is 5. The van der Waals surface area contributed by atoms with Crippen molar-refractivity contribution >= 4 is 21.2 Å². The van der Waals surface area contributed by atoms with E-state index in [4.69, 9.17) is 5.73 Å². The first-order valence-corrected chi connectivity index (χ1v) is 8.01. The van der Waals surface area contributed by atoms with Crippen LogP contribution in [-0.2, 0) is 22.9 Å². The number of aromatic nitrogens is 3. The largest absolute Gasteiger partial charge is 0.397 e. The molecular formula is C12H17N5O2S. The molecule has 0 atom stereocenters. The van der Waals surface area contributed by atoms with Crippen LogP contribution in [0.3, 0.4) is 0 Å². The number of nitrogens with one attached hydrogen (secondary N) is 1. The van der Waals surface area contributed by atoms with Gasteiger partial charge >= 0.3 is 0 Å². The first-order valence-electron chi connectivity index (χ1n) is 6.12. The van der Waals surface area contributed by atoms with E-state index in [1.807, 2.05) is 11.5 Å². The Balaban J connectivity index is 2.15. The second-order valence-electron chi connectivity index (χ2n) is 4.41. The number of nitrogens with two attached hydrogens (primary N) is 1. The summed E-state index contributed by atoms with van der Waals surface area (Å²) < 4.78 is 24.8. The Bertz CT molecular complexity index is 708. The molecule has 0 aliphatic rings. The van der Waals surface area contributed by atoms with Crippen molar-refractivity contribution in [3.63, 3.8) is 0 Å². The van der Waals surface area contributed by atoms with Gasteiger partial charge in [-0.25, -0.2) is 8.42 Å². The Morgan fingerprint density at radius 2 is 2.15 bits per heavy atom. The summed E-state index contributed by atoms with van der Waals surface area (Å²) in [6.07, 6.45) is 2.81. The molecule has 0 bridgehead atoms. The molecule has 0 radical (unpaired) electrons. The predicted octanol–water partition coefficient (Wildman–Crippen LogP) is 0.896. The summed E-state index contributed by atoms with van der Waals surface area (Å²) in [6, 6.07) is 4.62. The number of anilines is 2. The molecule has 0 saturated carbocycles. The van der Waals surface area contributed by atoms with Crippen LogP contribution in [0.25, 0.3) is 0 Å². The molecule has 2 rings (SSSR count). The summed E-state index contributed by atoms with van der Waals surface area (Å²) >= 11 is 0. The Labute approximate surface area is 117 Å². The van der Waals surface area contributed by atoms with E-state index in [1.165, 1.54) is 12.1 Å². The van der Waals surface area contributed by atoms with Gasteiger partial charge in [0.05, 0.1) is 22.8 Å². The van der Waals surface area contributed by atoms with Crippen LogP contribution in [0.5, 0.6) is 0 Å². The van der Waals surface area contributed by atoms with Crippen LogP contribution in [0.1, 0.15) is 12.7 Å². The fourth-order valence-electron chi connectivity index (χ4n) is 1.79. The highest BCUT2D eigenvalue weighted by molar-refractivity contribution is 7.90. The average Bonchev–Trinajstić information content (AvgIpc) is 2.83. The Morgan fingerprint density at radius 1 is 1.40 bits per heavy atom. The number of hydrogen-bond acceptors (Lipinski definition) is 6. The molecule has 20 heavy (non-hydrogen) atoms. The molecule has 0 spiro atoms. The van der Waals surface area contributed by atoms with Crippen molar-refractivity contribution < 1.29 is 8.42 Å². The van der Waals surface area contributed by atoms with Crippen molar-refractivity contribution in [2.75, 3.05) is 17.3 Å². The van der Waals surface area contributed by atoms with Crippen LogP contribution in [0.15, 0.2) is 29.4 Å². The lowest BCUT2D eigenvalue weighted by atomic mass is 10.2. The van der Waals surface area contributed by atoms with Gasteiger partial charge in [0.2, 0.25) is 0 Å². The summed E-state index contributed by atoms with van der Waals surface area (Å²) in [4.78, 5) is 0.206. The molecule has 0 aliphatic heterocycles. The minimum atomic E-state index is -3.25. The molecule has 8 heteroatoms. The van der Waals surface area contributed by atoms with Gasteiger partial charge in [0, 0.05) is 12.8 Å². The Hall–Kier alpha value is -2.09. The lowest BCUT2D eigenvalue weighted by molar-refractivity contribution is 0.602. The normalized spacial score (nSPS) is 11.5. The maximum Gasteiger partial charge on any atom is 0.175 e. The van der Waals surface area contributed by atoms with Crippen LogP contribution in [0.4, 0.5) is 11.4 Å². The zero-order valence-corrected chi connectivity index (χ0v) is 12.2. The maximum absolute atomic E-state index is 11.4. The maximum atomic E-state index is 11.4. The smallest absolute Gasteiger partial charge is 0.175 e. The zero-order chi connectivity index (χ0) is 14.8. The van der Waals surface area contributed by atoms with Crippen LogP contribution in [0.2, 0.25) is 0 Å². The summed E-state index contributed by atoms with van der Waals surface area (Å²) in [7, 11) is -3.25. The number of nitrogens with zero attached hydrogens (tertiary/aromatic N) is 3. The standard InChI is InChI=1S/C12H17N5O2S/c1-3-17-8-15-16-12(17)7-14-11-5-4-9(6-10(11)13)20(2,18)19/h4-6,8,14H,3,7,13H2,1-2H3. The van der Waals surface area contributed by atoms with Gasteiger partial charge in [-0.05, 0) is 25.1 Å². The van der Waals surface area contributed by atoms with Crippen molar-refractivity contribution in [1.82, 2.24) is 14.8 Å². The number of nitrogen functional groups attached to an aromatic ring is 1. The second kappa shape index (κ2) is 5.49.